The number of hydrogen-bond acceptors (Lipinski definition) is 3. The highest BCUT2D eigenvalue weighted by molar-refractivity contribution is 6.09. The van der Waals surface area contributed by atoms with E-state index in [4.69, 9.17) is 4.74 Å². The van der Waals surface area contributed by atoms with Gasteiger partial charge in [0.1, 0.15) is 0 Å². The van der Waals surface area contributed by atoms with Gasteiger partial charge in [-0.3, -0.25) is 4.79 Å². The molecule has 0 bridgehead atoms. The number of hydrogen-bond donors (Lipinski definition) is 1. The van der Waals surface area contributed by atoms with Crippen molar-refractivity contribution in [2.45, 2.75) is 60.3 Å². The number of nitrogens with one attached hydrogen (secondary N) is 1. The van der Waals surface area contributed by atoms with Crippen molar-refractivity contribution in [1.29, 1.82) is 0 Å². The Hall–Kier alpha value is -2.10. The van der Waals surface area contributed by atoms with Crippen LogP contribution in [-0.2, 0) is 14.3 Å². The molecule has 0 heterocycles. The Labute approximate surface area is 145 Å². The average Bonchev–Trinajstić information content (AvgIpc) is 2.60. The van der Waals surface area contributed by atoms with Gasteiger partial charge < -0.3 is 10.1 Å². The van der Waals surface area contributed by atoms with E-state index in [1.165, 1.54) is 12.7 Å². The molecule has 24 heavy (non-hydrogen) atoms. The lowest BCUT2D eigenvalue weighted by Crippen LogP contribution is -2.22. The van der Waals surface area contributed by atoms with E-state index in [0.29, 0.717) is 24.0 Å². The predicted molar refractivity (Wildman–Crippen MR) is 98.1 cm³/mol. The molecular formula is C20H29NO3. The molecule has 1 amide bonds. The highest BCUT2D eigenvalue weighted by Crippen LogP contribution is 2.28. The standard InChI is InChI=1S/C18H23NO3.C2H6/c1-11-9-13(3)16(10-12(11)2)19-17(20)14-7-5-6-8-15(14)18(21)22-4;1-2/h9-10H,5-8H2,1-4H3,(H,19,20);1-2H3. The van der Waals surface area contributed by atoms with Crippen LogP contribution >= 0.6 is 0 Å². The van der Waals surface area contributed by atoms with Crippen molar-refractivity contribution in [2.24, 2.45) is 0 Å². The summed E-state index contributed by atoms with van der Waals surface area (Å²) in [4.78, 5) is 24.4. The molecule has 1 aliphatic rings. The second-order valence-electron chi connectivity index (χ2n) is 5.86. The third-order valence-electron chi connectivity index (χ3n) is 4.26. The molecule has 0 fully saturated rings. The quantitative estimate of drug-likeness (QED) is 0.822. The van der Waals surface area contributed by atoms with Gasteiger partial charge in [-0.25, -0.2) is 4.79 Å². The molecule has 4 nitrogen and oxygen atoms in total. The summed E-state index contributed by atoms with van der Waals surface area (Å²) in [5.74, 6) is -0.576. The lowest BCUT2D eigenvalue weighted by Gasteiger charge is -2.19. The zero-order chi connectivity index (χ0) is 18.3. The van der Waals surface area contributed by atoms with Gasteiger partial charge in [-0.05, 0) is 69.2 Å². The summed E-state index contributed by atoms with van der Waals surface area (Å²) in [6, 6.07) is 4.03. The summed E-state index contributed by atoms with van der Waals surface area (Å²) in [6.07, 6.45) is 3.08. The second-order valence-corrected chi connectivity index (χ2v) is 5.86. The van der Waals surface area contributed by atoms with E-state index in [2.05, 4.69) is 11.4 Å². The predicted octanol–water partition coefficient (Wildman–Crippen LogP) is 4.62. The molecule has 4 heteroatoms. The van der Waals surface area contributed by atoms with Gasteiger partial charge in [-0.15, -0.1) is 0 Å². The topological polar surface area (TPSA) is 55.4 Å². The van der Waals surface area contributed by atoms with E-state index in [-0.39, 0.29) is 11.9 Å². The van der Waals surface area contributed by atoms with Gasteiger partial charge in [-0.2, -0.15) is 0 Å². The Bertz CT molecular complexity index is 645. The smallest absolute Gasteiger partial charge is 0.334 e. The van der Waals surface area contributed by atoms with E-state index in [1.807, 2.05) is 40.7 Å². The van der Waals surface area contributed by atoms with E-state index >= 15 is 0 Å². The van der Waals surface area contributed by atoms with Crippen LogP contribution in [0, 0.1) is 20.8 Å². The van der Waals surface area contributed by atoms with Crippen molar-refractivity contribution >= 4 is 17.6 Å². The van der Waals surface area contributed by atoms with E-state index in [0.717, 1.165) is 29.7 Å². The first-order valence-corrected chi connectivity index (χ1v) is 8.63. The number of esters is 1. The molecule has 0 radical (unpaired) electrons. The summed E-state index contributed by atoms with van der Waals surface area (Å²) < 4.78 is 4.80. The number of carbonyl (C=O) groups is 2. The Morgan fingerprint density at radius 3 is 2.04 bits per heavy atom. The molecule has 1 aliphatic carbocycles. The van der Waals surface area contributed by atoms with Gasteiger partial charge in [0.2, 0.25) is 0 Å². The van der Waals surface area contributed by atoms with Crippen molar-refractivity contribution in [2.75, 3.05) is 12.4 Å². The Morgan fingerprint density at radius 1 is 0.917 bits per heavy atom. The number of anilines is 1. The molecule has 0 saturated heterocycles. The van der Waals surface area contributed by atoms with Gasteiger partial charge in [0.05, 0.1) is 7.11 Å². The molecular weight excluding hydrogens is 302 g/mol. The Morgan fingerprint density at radius 2 is 1.46 bits per heavy atom. The van der Waals surface area contributed by atoms with Crippen LogP contribution in [0.15, 0.2) is 23.3 Å². The molecule has 0 aliphatic heterocycles. The monoisotopic (exact) mass is 331 g/mol. The van der Waals surface area contributed by atoms with Gasteiger partial charge in [0, 0.05) is 16.8 Å². The largest absolute Gasteiger partial charge is 0.466 e. The number of ether oxygens (including phenoxy) is 1. The van der Waals surface area contributed by atoms with Crippen molar-refractivity contribution in [3.05, 3.63) is 40.0 Å². The third-order valence-corrected chi connectivity index (χ3v) is 4.26. The summed E-state index contributed by atoms with van der Waals surface area (Å²) in [5, 5.41) is 2.95. The lowest BCUT2D eigenvalue weighted by atomic mass is 9.91. The van der Waals surface area contributed by atoms with E-state index in [1.54, 1.807) is 0 Å². The minimum absolute atomic E-state index is 0.188. The molecule has 1 aromatic rings. The maximum absolute atomic E-state index is 12.6. The molecule has 0 spiro atoms. The fourth-order valence-electron chi connectivity index (χ4n) is 2.80. The second kappa shape index (κ2) is 9.26. The molecule has 132 valence electrons. The van der Waals surface area contributed by atoms with Gasteiger partial charge >= 0.3 is 5.97 Å². The first-order chi connectivity index (χ1) is 11.4. The zero-order valence-electron chi connectivity index (χ0n) is 15.7. The SMILES string of the molecule is CC.COC(=O)C1=C(C(=O)Nc2cc(C)c(C)cc2C)CCCC1. The van der Waals surface area contributed by atoms with Crippen LogP contribution < -0.4 is 5.32 Å². The van der Waals surface area contributed by atoms with Crippen molar-refractivity contribution < 1.29 is 14.3 Å². The lowest BCUT2D eigenvalue weighted by molar-refractivity contribution is -0.136. The molecule has 1 N–H and O–H groups in total. The molecule has 0 saturated carbocycles. The van der Waals surface area contributed by atoms with E-state index < -0.39 is 0 Å². The summed E-state index contributed by atoms with van der Waals surface area (Å²) in [5.41, 5.74) is 5.24. The van der Waals surface area contributed by atoms with Crippen LogP contribution in [0.1, 0.15) is 56.2 Å². The van der Waals surface area contributed by atoms with Crippen molar-refractivity contribution in [3.63, 3.8) is 0 Å². The maximum Gasteiger partial charge on any atom is 0.334 e. The van der Waals surface area contributed by atoms with Gasteiger partial charge in [-0.1, -0.05) is 19.9 Å². The first kappa shape index (κ1) is 19.9. The average molecular weight is 331 g/mol. The summed E-state index contributed by atoms with van der Waals surface area (Å²) in [7, 11) is 1.35. The van der Waals surface area contributed by atoms with Crippen LogP contribution in [0.3, 0.4) is 0 Å². The third kappa shape index (κ3) is 4.70. The summed E-state index contributed by atoms with van der Waals surface area (Å²) in [6.45, 7) is 10.0. The Balaban J connectivity index is 0.00000139. The van der Waals surface area contributed by atoms with Crippen LogP contribution in [-0.4, -0.2) is 19.0 Å². The molecule has 0 atom stereocenters. The normalized spacial score (nSPS) is 13.8. The van der Waals surface area contributed by atoms with Gasteiger partial charge in [0.25, 0.3) is 5.91 Å². The molecule has 0 aromatic heterocycles. The van der Waals surface area contributed by atoms with Crippen molar-refractivity contribution in [3.8, 4) is 0 Å². The number of amides is 1. The van der Waals surface area contributed by atoms with Gasteiger partial charge in [0.15, 0.2) is 0 Å². The van der Waals surface area contributed by atoms with Crippen LogP contribution in [0.2, 0.25) is 0 Å². The molecule has 2 rings (SSSR count). The van der Waals surface area contributed by atoms with Crippen molar-refractivity contribution in [1.82, 2.24) is 0 Å². The van der Waals surface area contributed by atoms with E-state index in [9.17, 15) is 9.59 Å². The number of benzene rings is 1. The van der Waals surface area contributed by atoms with Crippen LogP contribution in [0.4, 0.5) is 5.69 Å². The number of carbonyl (C=O) groups excluding carboxylic acids is 2. The minimum Gasteiger partial charge on any atom is -0.466 e. The maximum atomic E-state index is 12.6. The fourth-order valence-corrected chi connectivity index (χ4v) is 2.80. The summed E-state index contributed by atoms with van der Waals surface area (Å²) >= 11 is 0. The molecule has 1 aromatic carbocycles. The highest BCUT2D eigenvalue weighted by Gasteiger charge is 2.24. The fraction of sp³-hybridized carbons (Fsp3) is 0.500. The number of aryl methyl sites for hydroxylation is 3. The minimum atomic E-state index is -0.387. The number of methoxy groups -OCH3 is 1. The van der Waals surface area contributed by atoms with Crippen LogP contribution in [0.5, 0.6) is 0 Å². The number of rotatable bonds is 3. The Kier molecular flexibility index (Phi) is 7.69. The van der Waals surface area contributed by atoms with Crippen LogP contribution in [0.25, 0.3) is 0 Å². The first-order valence-electron chi connectivity index (χ1n) is 8.63. The molecule has 0 unspecified atom stereocenters. The highest BCUT2D eigenvalue weighted by atomic mass is 16.5. The zero-order valence-corrected chi connectivity index (χ0v) is 15.7.